The summed E-state index contributed by atoms with van der Waals surface area (Å²) in [6, 6.07) is 26.5. The van der Waals surface area contributed by atoms with Crippen LogP contribution in [0.3, 0.4) is 0 Å². The second kappa shape index (κ2) is 24.2. The van der Waals surface area contributed by atoms with Crippen molar-refractivity contribution in [2.75, 3.05) is 26.4 Å². The molecule has 0 aliphatic carbocycles. The summed E-state index contributed by atoms with van der Waals surface area (Å²) < 4.78 is 35.4. The molecule has 0 aromatic heterocycles. The first-order valence-corrected chi connectivity index (χ1v) is 24.9. The molecular weight excluding hydrogens is 713 g/mol. The molecule has 0 spiro atoms. The van der Waals surface area contributed by atoms with E-state index in [0.29, 0.717) is 26.4 Å². The van der Waals surface area contributed by atoms with Crippen LogP contribution in [0, 0.1) is 0 Å². The average Bonchev–Trinajstić information content (AvgIpc) is 3.22. The van der Waals surface area contributed by atoms with Crippen LogP contribution in [0.15, 0.2) is 72.8 Å². The second-order valence-corrected chi connectivity index (χ2v) is 19.4. The van der Waals surface area contributed by atoms with Crippen LogP contribution in [0.1, 0.15) is 129 Å². The van der Waals surface area contributed by atoms with Crippen LogP contribution in [0.25, 0.3) is 0 Å². The van der Waals surface area contributed by atoms with Gasteiger partial charge in [-0.05, 0) is 97.9 Å². The normalized spacial score (nSPS) is 11.4. The summed E-state index contributed by atoms with van der Waals surface area (Å²) in [4.78, 5) is 0. The van der Waals surface area contributed by atoms with Crippen molar-refractivity contribution in [1.29, 1.82) is 0 Å². The first-order chi connectivity index (χ1) is 27.0. The van der Waals surface area contributed by atoms with Crippen molar-refractivity contribution in [3.63, 3.8) is 0 Å². The standard InChI is InChI=1S/C48H70O5Si2/c1-9-17-33-49-41-29-21-25-37(13-5)45(41)54(46-38(14-6)26-22-30-42(46)50-34-18-10-2)53-55(47-39(15-7)27-23-31-43(47)51-35-19-11-3)48-40(16-8)28-24-32-44(48)52-36-20-12-4/h21-32,54-55H,9-20,33-36H2,1-8H3. The lowest BCUT2D eigenvalue weighted by Gasteiger charge is -2.33. The number of unbranched alkanes of at least 4 members (excludes halogenated alkanes) is 4. The van der Waals surface area contributed by atoms with Gasteiger partial charge in [-0.2, -0.15) is 0 Å². The molecule has 0 amide bonds. The van der Waals surface area contributed by atoms with E-state index in [0.717, 1.165) is 100 Å². The molecule has 0 N–H and O–H groups in total. The van der Waals surface area contributed by atoms with Crippen LogP contribution in [0.4, 0.5) is 0 Å². The van der Waals surface area contributed by atoms with E-state index >= 15 is 0 Å². The van der Waals surface area contributed by atoms with Gasteiger partial charge in [0.1, 0.15) is 23.0 Å². The van der Waals surface area contributed by atoms with Crippen molar-refractivity contribution in [2.45, 2.75) is 132 Å². The highest BCUT2D eigenvalue weighted by Crippen LogP contribution is 2.25. The highest BCUT2D eigenvalue weighted by molar-refractivity contribution is 6.93. The summed E-state index contributed by atoms with van der Waals surface area (Å²) in [5.74, 6) is 3.81. The summed E-state index contributed by atoms with van der Waals surface area (Å²) in [5.41, 5.74) is 5.15. The maximum atomic E-state index is 8.31. The highest BCUT2D eigenvalue weighted by Gasteiger charge is 2.37. The molecule has 0 saturated carbocycles. The van der Waals surface area contributed by atoms with Crippen LogP contribution in [-0.2, 0) is 29.8 Å². The molecule has 300 valence electrons. The first kappa shape index (κ1) is 44.2. The van der Waals surface area contributed by atoms with Crippen molar-refractivity contribution in [2.24, 2.45) is 0 Å². The summed E-state index contributed by atoms with van der Waals surface area (Å²) >= 11 is 0. The molecule has 4 aromatic carbocycles. The predicted molar refractivity (Wildman–Crippen MR) is 239 cm³/mol. The summed E-state index contributed by atoms with van der Waals surface area (Å²) in [6.45, 7) is 20.6. The maximum Gasteiger partial charge on any atom is 0.236 e. The van der Waals surface area contributed by atoms with Crippen LogP contribution >= 0.6 is 0 Å². The molecular formula is C48H70O5Si2. The Labute approximate surface area is 337 Å². The topological polar surface area (TPSA) is 46.2 Å². The lowest BCUT2D eigenvalue weighted by Crippen LogP contribution is -2.59. The van der Waals surface area contributed by atoms with Gasteiger partial charge in [-0.25, -0.2) is 0 Å². The van der Waals surface area contributed by atoms with E-state index in [2.05, 4.69) is 128 Å². The highest BCUT2D eigenvalue weighted by atomic mass is 28.4. The zero-order chi connectivity index (χ0) is 39.4. The van der Waals surface area contributed by atoms with E-state index in [1.54, 1.807) is 0 Å². The van der Waals surface area contributed by atoms with Gasteiger partial charge in [0, 0.05) is 20.7 Å². The Balaban J connectivity index is 2.14. The monoisotopic (exact) mass is 782 g/mol. The van der Waals surface area contributed by atoms with Gasteiger partial charge >= 0.3 is 0 Å². The van der Waals surface area contributed by atoms with Crippen LogP contribution in [0.2, 0.25) is 0 Å². The molecule has 5 nitrogen and oxygen atoms in total. The van der Waals surface area contributed by atoms with E-state index < -0.39 is 18.1 Å². The Hall–Kier alpha value is -3.53. The molecule has 0 atom stereocenters. The number of hydrogen-bond acceptors (Lipinski definition) is 5. The largest absolute Gasteiger partial charge is 0.494 e. The summed E-state index contributed by atoms with van der Waals surface area (Å²) in [7, 11) is -5.23. The van der Waals surface area contributed by atoms with Crippen molar-refractivity contribution in [3.8, 4) is 23.0 Å². The molecule has 0 heterocycles. The molecule has 0 unspecified atom stereocenters. The zero-order valence-electron chi connectivity index (χ0n) is 35.4. The van der Waals surface area contributed by atoms with Gasteiger partial charge in [-0.3, -0.25) is 0 Å². The molecule has 0 aliphatic heterocycles. The van der Waals surface area contributed by atoms with Gasteiger partial charge in [-0.15, -0.1) is 0 Å². The number of ether oxygens (including phenoxy) is 4. The molecule has 4 aromatic rings. The molecule has 0 fully saturated rings. The van der Waals surface area contributed by atoms with E-state index in [-0.39, 0.29) is 0 Å². The number of aryl methyl sites for hydroxylation is 4. The molecule has 0 saturated heterocycles. The van der Waals surface area contributed by atoms with Crippen molar-refractivity contribution in [1.82, 2.24) is 0 Å². The Morgan fingerprint density at radius 2 is 0.582 bits per heavy atom. The van der Waals surface area contributed by atoms with Gasteiger partial charge < -0.3 is 23.1 Å². The van der Waals surface area contributed by atoms with Crippen LogP contribution in [0.5, 0.6) is 23.0 Å². The van der Waals surface area contributed by atoms with Gasteiger partial charge in [-0.1, -0.05) is 130 Å². The SMILES string of the molecule is CCCCOc1cccc(CC)c1[SiH](O[SiH](c1c(CC)cccc1OCCCC)c1c(CC)cccc1OCCCC)c1c(CC)cccc1OCCCC. The van der Waals surface area contributed by atoms with E-state index in [1.807, 2.05) is 0 Å². The maximum absolute atomic E-state index is 8.31. The van der Waals surface area contributed by atoms with Crippen molar-refractivity contribution >= 4 is 38.8 Å². The van der Waals surface area contributed by atoms with Crippen molar-refractivity contribution in [3.05, 3.63) is 95.1 Å². The minimum absolute atomic E-state index is 0.677. The Kier molecular flexibility index (Phi) is 19.4. The van der Waals surface area contributed by atoms with Gasteiger partial charge in [0.05, 0.1) is 26.4 Å². The first-order valence-electron chi connectivity index (χ1n) is 21.6. The number of rotatable bonds is 26. The third-order valence-electron chi connectivity index (χ3n) is 10.5. The third-order valence-corrected chi connectivity index (χ3v) is 17.4. The summed E-state index contributed by atoms with van der Waals surface area (Å²) in [5, 5.41) is 4.96. The Morgan fingerprint density at radius 1 is 0.345 bits per heavy atom. The number of hydrogen-bond donors (Lipinski definition) is 0. The van der Waals surface area contributed by atoms with Crippen molar-refractivity contribution < 1.29 is 23.1 Å². The minimum atomic E-state index is -2.61. The third kappa shape index (κ3) is 11.7. The lowest BCUT2D eigenvalue weighted by atomic mass is 10.1. The van der Waals surface area contributed by atoms with Crippen LogP contribution in [-0.4, -0.2) is 44.5 Å². The second-order valence-electron chi connectivity index (χ2n) is 14.4. The summed E-state index contributed by atoms with van der Waals surface area (Å²) in [6.07, 6.45) is 11.8. The molecule has 0 bridgehead atoms. The molecule has 7 heteroatoms. The molecule has 0 aliphatic rings. The minimum Gasteiger partial charge on any atom is -0.494 e. The van der Waals surface area contributed by atoms with Gasteiger partial charge in [0.2, 0.25) is 18.1 Å². The molecule has 4 rings (SSSR count). The quantitative estimate of drug-likeness (QED) is 0.0470. The number of benzene rings is 4. The predicted octanol–water partition coefficient (Wildman–Crippen LogP) is 9.04. The lowest BCUT2D eigenvalue weighted by molar-refractivity contribution is 0.309. The average molecular weight is 783 g/mol. The van der Waals surface area contributed by atoms with Gasteiger partial charge in [0.25, 0.3) is 0 Å². The fourth-order valence-corrected chi connectivity index (χ4v) is 15.4. The fraction of sp³-hybridized carbons (Fsp3) is 0.500. The molecule has 0 radical (unpaired) electrons. The Morgan fingerprint density at radius 3 is 0.782 bits per heavy atom. The van der Waals surface area contributed by atoms with Gasteiger partial charge in [0.15, 0.2) is 0 Å². The van der Waals surface area contributed by atoms with E-state index in [1.165, 1.54) is 43.0 Å². The Bertz CT molecular complexity index is 1480. The van der Waals surface area contributed by atoms with Crippen LogP contribution < -0.4 is 39.7 Å². The fourth-order valence-electron chi connectivity index (χ4n) is 7.29. The smallest absolute Gasteiger partial charge is 0.236 e. The molecule has 55 heavy (non-hydrogen) atoms. The zero-order valence-corrected chi connectivity index (χ0v) is 37.7. The van der Waals surface area contributed by atoms with E-state index in [9.17, 15) is 0 Å². The van der Waals surface area contributed by atoms with E-state index in [4.69, 9.17) is 23.1 Å².